The minimum Gasteiger partial charge on any atom is -0.331 e. The number of hydrogen-bond donors (Lipinski definition) is 2. The van der Waals surface area contributed by atoms with E-state index in [4.69, 9.17) is 0 Å². The molecule has 1 fully saturated rings. The maximum atomic E-state index is 12.4. The Bertz CT molecular complexity index is 762. The van der Waals surface area contributed by atoms with Crippen molar-refractivity contribution in [1.29, 1.82) is 0 Å². The number of likely N-dealkylation sites (tertiary alicyclic amines) is 1. The molecule has 3 rings (SSSR count). The van der Waals surface area contributed by atoms with Gasteiger partial charge < -0.3 is 15.2 Å². The number of pyridine rings is 1. The first-order valence-corrected chi connectivity index (χ1v) is 9.01. The molecule has 1 aliphatic rings. The summed E-state index contributed by atoms with van der Waals surface area (Å²) in [6.45, 7) is 5.42. The lowest BCUT2D eigenvalue weighted by Crippen LogP contribution is -2.44. The zero-order valence-electron chi connectivity index (χ0n) is 13.9. The summed E-state index contributed by atoms with van der Waals surface area (Å²) in [6.07, 6.45) is 5.41. The fourth-order valence-corrected chi connectivity index (χ4v) is 3.92. The van der Waals surface area contributed by atoms with E-state index in [1.165, 1.54) is 16.0 Å². The Morgan fingerprint density at radius 1 is 1.46 bits per heavy atom. The van der Waals surface area contributed by atoms with E-state index in [0.29, 0.717) is 5.92 Å². The molecular weight excluding hydrogens is 324 g/mol. The number of carbonyl (C=O) groups is 1. The van der Waals surface area contributed by atoms with Crippen LogP contribution in [-0.4, -0.2) is 34.0 Å². The van der Waals surface area contributed by atoms with Crippen molar-refractivity contribution in [2.24, 2.45) is 0 Å². The topological polar surface area (TPSA) is 78.1 Å². The van der Waals surface area contributed by atoms with Crippen molar-refractivity contribution in [1.82, 2.24) is 20.2 Å². The van der Waals surface area contributed by atoms with Gasteiger partial charge in [-0.25, -0.2) is 9.78 Å². The highest BCUT2D eigenvalue weighted by Gasteiger charge is 2.26. The molecule has 6 nitrogen and oxygen atoms in total. The SMILES string of the molecule is Cc1cnc(C2CCN(C(=O)NC(C)c3cc[nH]c(=O)c3)CC2)s1. The Balaban J connectivity index is 1.54. The summed E-state index contributed by atoms with van der Waals surface area (Å²) in [4.78, 5) is 33.9. The number of aryl methyl sites for hydroxylation is 1. The van der Waals surface area contributed by atoms with Gasteiger partial charge in [-0.1, -0.05) is 0 Å². The Morgan fingerprint density at radius 2 is 2.21 bits per heavy atom. The lowest BCUT2D eigenvalue weighted by Gasteiger charge is -2.32. The quantitative estimate of drug-likeness (QED) is 0.897. The number of nitrogens with one attached hydrogen (secondary N) is 2. The summed E-state index contributed by atoms with van der Waals surface area (Å²) < 4.78 is 0. The monoisotopic (exact) mass is 346 g/mol. The Kier molecular flexibility index (Phi) is 4.99. The first-order chi connectivity index (χ1) is 11.5. The van der Waals surface area contributed by atoms with Gasteiger partial charge in [0, 0.05) is 42.3 Å². The molecule has 24 heavy (non-hydrogen) atoms. The molecule has 1 unspecified atom stereocenters. The van der Waals surface area contributed by atoms with Crippen LogP contribution in [0.5, 0.6) is 0 Å². The first-order valence-electron chi connectivity index (χ1n) is 8.19. The van der Waals surface area contributed by atoms with Gasteiger partial charge in [0.05, 0.1) is 11.0 Å². The van der Waals surface area contributed by atoms with Crippen molar-refractivity contribution >= 4 is 17.4 Å². The van der Waals surface area contributed by atoms with Crippen LogP contribution in [0.4, 0.5) is 4.79 Å². The summed E-state index contributed by atoms with van der Waals surface area (Å²) in [7, 11) is 0. The van der Waals surface area contributed by atoms with E-state index in [2.05, 4.69) is 22.2 Å². The molecule has 0 spiro atoms. The maximum Gasteiger partial charge on any atom is 0.317 e. The number of rotatable bonds is 3. The number of piperidine rings is 1. The molecular formula is C17H22N4O2S. The number of thiazole rings is 1. The minimum atomic E-state index is -0.195. The molecule has 1 atom stereocenters. The van der Waals surface area contributed by atoms with Crippen LogP contribution in [0.2, 0.25) is 0 Å². The Morgan fingerprint density at radius 3 is 2.83 bits per heavy atom. The minimum absolute atomic E-state index is 0.0726. The molecule has 0 aromatic carbocycles. The molecule has 0 bridgehead atoms. The number of urea groups is 1. The van der Waals surface area contributed by atoms with Gasteiger partial charge in [-0.2, -0.15) is 0 Å². The molecule has 0 aliphatic carbocycles. The lowest BCUT2D eigenvalue weighted by atomic mass is 9.98. The van der Waals surface area contributed by atoms with E-state index in [9.17, 15) is 9.59 Å². The van der Waals surface area contributed by atoms with E-state index < -0.39 is 0 Å². The smallest absolute Gasteiger partial charge is 0.317 e. The van der Waals surface area contributed by atoms with Gasteiger partial charge >= 0.3 is 6.03 Å². The number of aromatic amines is 1. The Labute approximate surface area is 144 Å². The molecule has 128 valence electrons. The molecule has 0 saturated carbocycles. The first kappa shape index (κ1) is 16.7. The van der Waals surface area contributed by atoms with Crippen molar-refractivity contribution in [3.05, 3.63) is 50.3 Å². The highest BCUT2D eigenvalue weighted by molar-refractivity contribution is 7.11. The molecule has 1 aliphatic heterocycles. The molecule has 2 aromatic heterocycles. The predicted molar refractivity (Wildman–Crippen MR) is 94.4 cm³/mol. The molecule has 0 radical (unpaired) electrons. The van der Waals surface area contributed by atoms with Crippen LogP contribution in [0.25, 0.3) is 0 Å². The van der Waals surface area contributed by atoms with Crippen molar-refractivity contribution < 1.29 is 4.79 Å². The van der Waals surface area contributed by atoms with Crippen LogP contribution in [-0.2, 0) is 0 Å². The Hall–Kier alpha value is -2.15. The van der Waals surface area contributed by atoms with Gasteiger partial charge in [-0.15, -0.1) is 11.3 Å². The predicted octanol–water partition coefficient (Wildman–Crippen LogP) is 2.79. The molecule has 2 aromatic rings. The van der Waals surface area contributed by atoms with Crippen LogP contribution in [0, 0.1) is 6.92 Å². The fraction of sp³-hybridized carbons (Fsp3) is 0.471. The van der Waals surface area contributed by atoms with E-state index in [0.717, 1.165) is 31.5 Å². The number of carbonyl (C=O) groups excluding carboxylic acids is 1. The third kappa shape index (κ3) is 3.84. The van der Waals surface area contributed by atoms with Gasteiger partial charge in [0.15, 0.2) is 0 Å². The van der Waals surface area contributed by atoms with Gasteiger partial charge in [0.2, 0.25) is 5.56 Å². The van der Waals surface area contributed by atoms with Crippen LogP contribution < -0.4 is 10.9 Å². The van der Waals surface area contributed by atoms with Crippen molar-refractivity contribution in [2.75, 3.05) is 13.1 Å². The van der Waals surface area contributed by atoms with Crippen molar-refractivity contribution in [2.45, 2.75) is 38.6 Å². The summed E-state index contributed by atoms with van der Waals surface area (Å²) in [5.41, 5.74) is 0.647. The zero-order chi connectivity index (χ0) is 17.1. The fourth-order valence-electron chi connectivity index (χ4n) is 2.98. The summed E-state index contributed by atoms with van der Waals surface area (Å²) in [5, 5.41) is 4.16. The van der Waals surface area contributed by atoms with Gasteiger partial charge in [-0.05, 0) is 38.3 Å². The van der Waals surface area contributed by atoms with Crippen LogP contribution >= 0.6 is 11.3 Å². The molecule has 2 N–H and O–H groups in total. The van der Waals surface area contributed by atoms with E-state index in [1.807, 2.05) is 24.1 Å². The number of nitrogens with zero attached hydrogens (tertiary/aromatic N) is 2. The van der Waals surface area contributed by atoms with E-state index in [1.54, 1.807) is 17.5 Å². The van der Waals surface area contributed by atoms with Crippen LogP contribution in [0.15, 0.2) is 29.3 Å². The number of H-pyrrole nitrogens is 1. The molecule has 1 saturated heterocycles. The lowest BCUT2D eigenvalue weighted by molar-refractivity contribution is 0.178. The molecule has 7 heteroatoms. The summed E-state index contributed by atoms with van der Waals surface area (Å²) in [6, 6.07) is 3.06. The van der Waals surface area contributed by atoms with E-state index >= 15 is 0 Å². The second-order valence-corrected chi connectivity index (χ2v) is 7.49. The van der Waals surface area contributed by atoms with Gasteiger partial charge in [0.25, 0.3) is 0 Å². The second-order valence-electron chi connectivity index (χ2n) is 6.23. The summed E-state index contributed by atoms with van der Waals surface area (Å²) >= 11 is 1.75. The van der Waals surface area contributed by atoms with Gasteiger partial charge in [-0.3, -0.25) is 4.79 Å². The third-order valence-electron chi connectivity index (χ3n) is 4.41. The average Bonchev–Trinajstić information content (AvgIpc) is 3.01. The third-order valence-corrected chi connectivity index (χ3v) is 5.48. The molecule has 3 heterocycles. The standard InChI is InChI=1S/C17H22N4O2S/c1-11-10-19-16(24-11)13-4-7-21(8-5-13)17(23)20-12(2)14-3-6-18-15(22)9-14/h3,6,9-10,12-13H,4-5,7-8H2,1-2H3,(H,18,22)(H,20,23). The number of amides is 2. The number of hydrogen-bond acceptors (Lipinski definition) is 4. The maximum absolute atomic E-state index is 12.4. The number of aromatic nitrogens is 2. The van der Waals surface area contributed by atoms with Crippen LogP contribution in [0.1, 0.15) is 47.2 Å². The van der Waals surface area contributed by atoms with Crippen molar-refractivity contribution in [3.8, 4) is 0 Å². The zero-order valence-corrected chi connectivity index (χ0v) is 14.7. The molecule has 2 amide bonds. The summed E-state index contributed by atoms with van der Waals surface area (Å²) in [5.74, 6) is 0.456. The van der Waals surface area contributed by atoms with Gasteiger partial charge in [0.1, 0.15) is 0 Å². The van der Waals surface area contributed by atoms with E-state index in [-0.39, 0.29) is 17.6 Å². The normalized spacial score (nSPS) is 16.8. The highest BCUT2D eigenvalue weighted by Crippen LogP contribution is 2.30. The van der Waals surface area contributed by atoms with Crippen molar-refractivity contribution in [3.63, 3.8) is 0 Å². The average molecular weight is 346 g/mol. The second kappa shape index (κ2) is 7.17. The largest absolute Gasteiger partial charge is 0.331 e. The van der Waals surface area contributed by atoms with Crippen LogP contribution in [0.3, 0.4) is 0 Å². The highest BCUT2D eigenvalue weighted by atomic mass is 32.1.